The quantitative estimate of drug-likeness (QED) is 0.892. The number of nitrogens with zero attached hydrogens (tertiary/aromatic N) is 3. The molecule has 1 amide bonds. The van der Waals surface area contributed by atoms with Crippen molar-refractivity contribution in [1.29, 1.82) is 0 Å². The molecule has 3 rings (SSSR count). The molecule has 3 N–H and O–H groups in total. The molecule has 118 valence electrons. The SMILES string of the molecule is CCOC(=O)N1CCN(c2ccc3nc(CN)[nH]c3c2)CC1. The van der Waals surface area contributed by atoms with E-state index < -0.39 is 0 Å². The van der Waals surface area contributed by atoms with E-state index in [1.54, 1.807) is 4.90 Å². The molecule has 1 saturated heterocycles. The van der Waals surface area contributed by atoms with Gasteiger partial charge in [-0.25, -0.2) is 9.78 Å². The van der Waals surface area contributed by atoms with Crippen molar-refractivity contribution in [2.45, 2.75) is 13.5 Å². The summed E-state index contributed by atoms with van der Waals surface area (Å²) in [7, 11) is 0. The van der Waals surface area contributed by atoms with Crippen molar-refractivity contribution in [1.82, 2.24) is 14.9 Å². The number of anilines is 1. The molecule has 0 bridgehead atoms. The van der Waals surface area contributed by atoms with Crippen LogP contribution in [0.5, 0.6) is 0 Å². The summed E-state index contributed by atoms with van der Waals surface area (Å²) in [5, 5.41) is 0. The number of rotatable bonds is 3. The molecule has 2 heterocycles. The van der Waals surface area contributed by atoms with Gasteiger partial charge in [0.15, 0.2) is 0 Å². The van der Waals surface area contributed by atoms with Gasteiger partial charge < -0.3 is 25.3 Å². The van der Waals surface area contributed by atoms with Crippen LogP contribution in [-0.4, -0.2) is 53.7 Å². The van der Waals surface area contributed by atoms with Crippen molar-refractivity contribution < 1.29 is 9.53 Å². The predicted molar refractivity (Wildman–Crippen MR) is 84.8 cm³/mol. The van der Waals surface area contributed by atoms with Crippen molar-refractivity contribution in [3.05, 3.63) is 24.0 Å². The number of hydrogen-bond donors (Lipinski definition) is 2. The number of benzene rings is 1. The molecule has 0 saturated carbocycles. The van der Waals surface area contributed by atoms with Gasteiger partial charge in [-0.2, -0.15) is 0 Å². The number of aromatic nitrogens is 2. The monoisotopic (exact) mass is 303 g/mol. The van der Waals surface area contributed by atoms with Crippen LogP contribution in [0.15, 0.2) is 18.2 Å². The third-order valence-corrected chi connectivity index (χ3v) is 3.88. The third kappa shape index (κ3) is 2.85. The van der Waals surface area contributed by atoms with E-state index in [0.29, 0.717) is 26.2 Å². The molecular weight excluding hydrogens is 282 g/mol. The summed E-state index contributed by atoms with van der Waals surface area (Å²) in [5.41, 5.74) is 8.65. The fourth-order valence-electron chi connectivity index (χ4n) is 2.71. The molecule has 2 aromatic rings. The highest BCUT2D eigenvalue weighted by atomic mass is 16.6. The first-order valence-electron chi connectivity index (χ1n) is 7.56. The zero-order chi connectivity index (χ0) is 15.5. The number of ether oxygens (including phenoxy) is 1. The lowest BCUT2D eigenvalue weighted by Crippen LogP contribution is -2.49. The van der Waals surface area contributed by atoms with Gasteiger partial charge in [0.1, 0.15) is 5.82 Å². The summed E-state index contributed by atoms with van der Waals surface area (Å²) < 4.78 is 5.04. The molecule has 0 atom stereocenters. The first kappa shape index (κ1) is 14.6. The number of carbonyl (C=O) groups excluding carboxylic acids is 1. The van der Waals surface area contributed by atoms with Crippen LogP contribution in [-0.2, 0) is 11.3 Å². The van der Waals surface area contributed by atoms with Crippen LogP contribution in [0.25, 0.3) is 11.0 Å². The summed E-state index contributed by atoms with van der Waals surface area (Å²) in [6.07, 6.45) is -0.223. The maximum Gasteiger partial charge on any atom is 0.409 e. The second kappa shape index (κ2) is 6.23. The van der Waals surface area contributed by atoms with Crippen molar-refractivity contribution in [2.75, 3.05) is 37.7 Å². The van der Waals surface area contributed by atoms with Crippen molar-refractivity contribution in [2.24, 2.45) is 5.73 Å². The van der Waals surface area contributed by atoms with E-state index >= 15 is 0 Å². The van der Waals surface area contributed by atoms with E-state index in [4.69, 9.17) is 10.5 Å². The Morgan fingerprint density at radius 1 is 1.36 bits per heavy atom. The van der Waals surface area contributed by atoms with E-state index in [0.717, 1.165) is 35.6 Å². The zero-order valence-electron chi connectivity index (χ0n) is 12.7. The summed E-state index contributed by atoms with van der Waals surface area (Å²) in [6.45, 7) is 5.58. The standard InChI is InChI=1S/C15H21N5O2/c1-2-22-15(21)20-7-5-19(6-8-20)11-3-4-12-13(9-11)18-14(10-16)17-12/h3-4,9H,2,5-8,10,16H2,1H3,(H,17,18). The normalized spacial score (nSPS) is 15.4. The number of fused-ring (bicyclic) bond motifs is 1. The molecule has 1 aromatic carbocycles. The Hall–Kier alpha value is -2.28. The molecule has 7 nitrogen and oxygen atoms in total. The van der Waals surface area contributed by atoms with Gasteiger partial charge in [-0.05, 0) is 25.1 Å². The number of H-pyrrole nitrogens is 1. The second-order valence-corrected chi connectivity index (χ2v) is 5.26. The Kier molecular flexibility index (Phi) is 4.15. The Labute approximate surface area is 129 Å². The smallest absolute Gasteiger partial charge is 0.409 e. The van der Waals surface area contributed by atoms with Gasteiger partial charge in [-0.1, -0.05) is 0 Å². The molecule has 0 spiro atoms. The average Bonchev–Trinajstić information content (AvgIpc) is 2.97. The number of nitrogens with two attached hydrogens (primary N) is 1. The van der Waals surface area contributed by atoms with Crippen LogP contribution >= 0.6 is 0 Å². The molecule has 1 aliphatic rings. The topological polar surface area (TPSA) is 87.5 Å². The van der Waals surface area contributed by atoms with E-state index in [1.807, 2.05) is 13.0 Å². The minimum Gasteiger partial charge on any atom is -0.450 e. The van der Waals surface area contributed by atoms with Gasteiger partial charge in [0.25, 0.3) is 0 Å². The van der Waals surface area contributed by atoms with Crippen LogP contribution in [0, 0.1) is 0 Å². The lowest BCUT2D eigenvalue weighted by Gasteiger charge is -2.35. The molecular formula is C15H21N5O2. The average molecular weight is 303 g/mol. The highest BCUT2D eigenvalue weighted by Gasteiger charge is 2.22. The van der Waals surface area contributed by atoms with Gasteiger partial charge in [0, 0.05) is 31.9 Å². The molecule has 22 heavy (non-hydrogen) atoms. The van der Waals surface area contributed by atoms with Gasteiger partial charge in [-0.15, -0.1) is 0 Å². The van der Waals surface area contributed by atoms with E-state index in [2.05, 4.69) is 27.0 Å². The van der Waals surface area contributed by atoms with Crippen LogP contribution in [0.1, 0.15) is 12.7 Å². The van der Waals surface area contributed by atoms with Gasteiger partial charge in [0.05, 0.1) is 24.2 Å². The molecule has 0 unspecified atom stereocenters. The summed E-state index contributed by atoms with van der Waals surface area (Å²) in [4.78, 5) is 23.4. The third-order valence-electron chi connectivity index (χ3n) is 3.88. The van der Waals surface area contributed by atoms with Crippen molar-refractivity contribution >= 4 is 22.8 Å². The number of aromatic amines is 1. The van der Waals surface area contributed by atoms with Gasteiger partial charge in [0.2, 0.25) is 0 Å². The molecule has 0 radical (unpaired) electrons. The van der Waals surface area contributed by atoms with Crippen molar-refractivity contribution in [3.63, 3.8) is 0 Å². The summed E-state index contributed by atoms with van der Waals surface area (Å²) in [5.74, 6) is 0.791. The Morgan fingerprint density at radius 2 is 2.14 bits per heavy atom. The highest BCUT2D eigenvalue weighted by Crippen LogP contribution is 2.22. The Balaban J connectivity index is 1.69. The molecule has 7 heteroatoms. The van der Waals surface area contributed by atoms with Crippen molar-refractivity contribution in [3.8, 4) is 0 Å². The van der Waals surface area contributed by atoms with E-state index in [-0.39, 0.29) is 6.09 Å². The predicted octanol–water partition coefficient (Wildman–Crippen LogP) is 1.30. The van der Waals surface area contributed by atoms with Crippen LogP contribution in [0.3, 0.4) is 0 Å². The zero-order valence-corrected chi connectivity index (χ0v) is 12.7. The molecule has 0 aliphatic carbocycles. The van der Waals surface area contributed by atoms with Crippen LogP contribution < -0.4 is 10.6 Å². The number of piperazine rings is 1. The molecule has 1 aliphatic heterocycles. The first-order valence-corrected chi connectivity index (χ1v) is 7.56. The second-order valence-electron chi connectivity index (χ2n) is 5.26. The number of hydrogen-bond acceptors (Lipinski definition) is 5. The number of imidazole rings is 1. The minimum absolute atomic E-state index is 0.223. The number of nitrogens with one attached hydrogen (secondary N) is 1. The first-order chi connectivity index (χ1) is 10.7. The number of amides is 1. The van der Waals surface area contributed by atoms with Crippen LogP contribution in [0.2, 0.25) is 0 Å². The largest absolute Gasteiger partial charge is 0.450 e. The number of carbonyl (C=O) groups is 1. The Morgan fingerprint density at radius 3 is 2.82 bits per heavy atom. The van der Waals surface area contributed by atoms with E-state index in [9.17, 15) is 4.79 Å². The maximum atomic E-state index is 11.7. The fraction of sp³-hybridized carbons (Fsp3) is 0.467. The summed E-state index contributed by atoms with van der Waals surface area (Å²) in [6, 6.07) is 6.14. The molecule has 1 fully saturated rings. The lowest BCUT2D eigenvalue weighted by atomic mass is 10.2. The minimum atomic E-state index is -0.223. The van der Waals surface area contributed by atoms with E-state index in [1.165, 1.54) is 0 Å². The maximum absolute atomic E-state index is 11.7. The van der Waals surface area contributed by atoms with Crippen LogP contribution in [0.4, 0.5) is 10.5 Å². The fourth-order valence-corrected chi connectivity index (χ4v) is 2.71. The molecule has 1 aromatic heterocycles. The van der Waals surface area contributed by atoms with Gasteiger partial charge in [-0.3, -0.25) is 0 Å². The summed E-state index contributed by atoms with van der Waals surface area (Å²) >= 11 is 0. The lowest BCUT2D eigenvalue weighted by molar-refractivity contribution is 0.105. The Bertz CT molecular complexity index is 661. The highest BCUT2D eigenvalue weighted by molar-refractivity contribution is 5.79. The van der Waals surface area contributed by atoms with Gasteiger partial charge >= 0.3 is 6.09 Å².